The molecule has 1 atom stereocenters. The maximum atomic E-state index is 12.2. The molecule has 1 aliphatic rings. The van der Waals surface area contributed by atoms with Crippen molar-refractivity contribution in [2.75, 3.05) is 26.8 Å². The van der Waals surface area contributed by atoms with Crippen molar-refractivity contribution in [1.82, 2.24) is 4.90 Å². The number of esters is 1. The first kappa shape index (κ1) is 15.0. The van der Waals surface area contributed by atoms with E-state index >= 15 is 0 Å². The monoisotopic (exact) mass is 257 g/mol. The highest BCUT2D eigenvalue weighted by molar-refractivity contribution is 5.85. The maximum Gasteiger partial charge on any atom is 0.310 e. The fourth-order valence-electron chi connectivity index (χ4n) is 2.08. The highest BCUT2D eigenvalue weighted by Crippen LogP contribution is 2.21. The number of likely N-dealkylation sites (tertiary alicyclic amines) is 1. The van der Waals surface area contributed by atoms with E-state index in [0.717, 1.165) is 12.8 Å². The van der Waals surface area contributed by atoms with E-state index in [1.807, 2.05) is 0 Å². The van der Waals surface area contributed by atoms with Gasteiger partial charge in [-0.1, -0.05) is 0 Å². The third kappa shape index (κ3) is 3.45. The molecule has 0 spiro atoms. The summed E-state index contributed by atoms with van der Waals surface area (Å²) >= 11 is 0. The lowest BCUT2D eigenvalue weighted by molar-refractivity contribution is -0.157. The number of methoxy groups -OCH3 is 1. The van der Waals surface area contributed by atoms with Gasteiger partial charge in [0.2, 0.25) is 0 Å². The van der Waals surface area contributed by atoms with E-state index < -0.39 is 5.60 Å². The van der Waals surface area contributed by atoms with E-state index in [1.165, 1.54) is 7.11 Å². The zero-order valence-corrected chi connectivity index (χ0v) is 11.7. The molecule has 0 aliphatic carbocycles. The van der Waals surface area contributed by atoms with Gasteiger partial charge in [-0.2, -0.15) is 0 Å². The van der Waals surface area contributed by atoms with Crippen LogP contribution in [0.25, 0.3) is 0 Å². The Morgan fingerprint density at radius 2 is 2.06 bits per heavy atom. The SMILES string of the molecule is CCOC(=O)[C@H]1CCCN(C(=O)C(C)(C)OC)C1. The molecule has 0 N–H and O–H groups in total. The molecule has 5 heteroatoms. The molecular formula is C13H23NO4. The van der Waals surface area contributed by atoms with Gasteiger partial charge in [-0.25, -0.2) is 0 Å². The summed E-state index contributed by atoms with van der Waals surface area (Å²) in [5.41, 5.74) is -0.837. The molecule has 1 heterocycles. The highest BCUT2D eigenvalue weighted by atomic mass is 16.5. The molecule has 1 saturated heterocycles. The Morgan fingerprint density at radius 1 is 1.39 bits per heavy atom. The molecular weight excluding hydrogens is 234 g/mol. The number of piperidine rings is 1. The molecule has 0 saturated carbocycles. The van der Waals surface area contributed by atoms with Crippen LogP contribution in [-0.2, 0) is 19.1 Å². The molecule has 0 aromatic carbocycles. The van der Waals surface area contributed by atoms with Crippen molar-refractivity contribution in [3.63, 3.8) is 0 Å². The van der Waals surface area contributed by atoms with E-state index in [2.05, 4.69) is 0 Å². The lowest BCUT2D eigenvalue weighted by atomic mass is 9.96. The Labute approximate surface area is 108 Å². The Bertz CT molecular complexity index is 314. The van der Waals surface area contributed by atoms with E-state index in [9.17, 15) is 9.59 Å². The smallest absolute Gasteiger partial charge is 0.310 e. The van der Waals surface area contributed by atoms with E-state index in [-0.39, 0.29) is 17.8 Å². The Kier molecular flexibility index (Phi) is 5.14. The number of amides is 1. The molecule has 0 unspecified atom stereocenters. The van der Waals surface area contributed by atoms with Crippen molar-refractivity contribution in [2.24, 2.45) is 5.92 Å². The first-order valence-corrected chi connectivity index (χ1v) is 6.43. The zero-order chi connectivity index (χ0) is 13.8. The van der Waals surface area contributed by atoms with Crippen LogP contribution in [0.3, 0.4) is 0 Å². The van der Waals surface area contributed by atoms with Crippen LogP contribution in [0.4, 0.5) is 0 Å². The Balaban J connectivity index is 2.64. The van der Waals surface area contributed by atoms with Crippen molar-refractivity contribution < 1.29 is 19.1 Å². The minimum atomic E-state index is -0.837. The number of ether oxygens (including phenoxy) is 2. The summed E-state index contributed by atoms with van der Waals surface area (Å²) in [6.07, 6.45) is 1.62. The van der Waals surface area contributed by atoms with E-state index in [4.69, 9.17) is 9.47 Å². The number of carbonyl (C=O) groups excluding carboxylic acids is 2. The van der Waals surface area contributed by atoms with Crippen molar-refractivity contribution in [2.45, 2.75) is 39.2 Å². The molecule has 1 rings (SSSR count). The lowest BCUT2D eigenvalue weighted by Gasteiger charge is -2.36. The van der Waals surface area contributed by atoms with Crippen molar-refractivity contribution in [3.8, 4) is 0 Å². The topological polar surface area (TPSA) is 55.8 Å². The van der Waals surface area contributed by atoms with Gasteiger partial charge in [0.1, 0.15) is 5.60 Å². The molecule has 1 amide bonds. The van der Waals surface area contributed by atoms with Crippen LogP contribution in [0.15, 0.2) is 0 Å². The average molecular weight is 257 g/mol. The van der Waals surface area contributed by atoms with E-state index in [1.54, 1.807) is 25.7 Å². The second kappa shape index (κ2) is 6.18. The van der Waals surface area contributed by atoms with Crippen molar-refractivity contribution in [3.05, 3.63) is 0 Å². The van der Waals surface area contributed by atoms with Gasteiger partial charge in [0.15, 0.2) is 0 Å². The number of carbonyl (C=O) groups is 2. The summed E-state index contributed by atoms with van der Waals surface area (Å²) in [6.45, 7) is 6.77. The van der Waals surface area contributed by atoms with Crippen LogP contribution in [0, 0.1) is 5.92 Å². The number of nitrogens with zero attached hydrogens (tertiary/aromatic N) is 1. The predicted octanol–water partition coefficient (Wildman–Crippen LogP) is 1.21. The van der Waals surface area contributed by atoms with Crippen molar-refractivity contribution >= 4 is 11.9 Å². The standard InChI is InChI=1S/C13H23NO4/c1-5-18-11(15)10-7-6-8-14(9-10)12(16)13(2,3)17-4/h10H,5-9H2,1-4H3/t10-/m0/s1. The summed E-state index contributed by atoms with van der Waals surface area (Å²) in [7, 11) is 1.52. The quantitative estimate of drug-likeness (QED) is 0.710. The van der Waals surface area contributed by atoms with Crippen LogP contribution in [0.5, 0.6) is 0 Å². The fourth-order valence-corrected chi connectivity index (χ4v) is 2.08. The zero-order valence-electron chi connectivity index (χ0n) is 11.7. The van der Waals surface area contributed by atoms with Crippen LogP contribution < -0.4 is 0 Å². The summed E-state index contributed by atoms with van der Waals surface area (Å²) in [5, 5.41) is 0. The third-order valence-electron chi connectivity index (χ3n) is 3.35. The summed E-state index contributed by atoms with van der Waals surface area (Å²) in [5.74, 6) is -0.473. The van der Waals surface area contributed by atoms with Gasteiger partial charge in [0.25, 0.3) is 5.91 Å². The molecule has 18 heavy (non-hydrogen) atoms. The Hall–Kier alpha value is -1.10. The van der Waals surface area contributed by atoms with E-state index in [0.29, 0.717) is 19.7 Å². The lowest BCUT2D eigenvalue weighted by Crippen LogP contribution is -2.51. The number of rotatable bonds is 4. The van der Waals surface area contributed by atoms with Gasteiger partial charge in [0.05, 0.1) is 12.5 Å². The van der Waals surface area contributed by atoms with Crippen LogP contribution in [-0.4, -0.2) is 49.2 Å². The molecule has 1 aliphatic heterocycles. The minimum Gasteiger partial charge on any atom is -0.466 e. The second-order valence-corrected chi connectivity index (χ2v) is 5.06. The van der Waals surface area contributed by atoms with Gasteiger partial charge >= 0.3 is 5.97 Å². The summed E-state index contributed by atoms with van der Waals surface area (Å²) < 4.78 is 10.2. The maximum absolute atomic E-state index is 12.2. The molecule has 5 nitrogen and oxygen atoms in total. The molecule has 0 aromatic rings. The van der Waals surface area contributed by atoms with Crippen LogP contribution in [0.2, 0.25) is 0 Å². The van der Waals surface area contributed by atoms with Gasteiger partial charge in [-0.05, 0) is 33.6 Å². The largest absolute Gasteiger partial charge is 0.466 e. The molecule has 104 valence electrons. The van der Waals surface area contributed by atoms with Gasteiger partial charge in [-0.3, -0.25) is 9.59 Å². The second-order valence-electron chi connectivity index (χ2n) is 5.06. The summed E-state index contributed by atoms with van der Waals surface area (Å²) in [6, 6.07) is 0. The first-order chi connectivity index (χ1) is 8.42. The first-order valence-electron chi connectivity index (χ1n) is 6.43. The van der Waals surface area contributed by atoms with Gasteiger partial charge in [0, 0.05) is 20.2 Å². The molecule has 1 fully saturated rings. The number of hydrogen-bond donors (Lipinski definition) is 0. The van der Waals surface area contributed by atoms with Gasteiger partial charge < -0.3 is 14.4 Å². The fraction of sp³-hybridized carbons (Fsp3) is 0.846. The summed E-state index contributed by atoms with van der Waals surface area (Å²) in [4.78, 5) is 25.6. The van der Waals surface area contributed by atoms with Crippen LogP contribution >= 0.6 is 0 Å². The molecule has 0 radical (unpaired) electrons. The third-order valence-corrected chi connectivity index (χ3v) is 3.35. The Morgan fingerprint density at radius 3 is 2.61 bits per heavy atom. The molecule has 0 aromatic heterocycles. The molecule has 0 bridgehead atoms. The van der Waals surface area contributed by atoms with Crippen LogP contribution in [0.1, 0.15) is 33.6 Å². The van der Waals surface area contributed by atoms with Gasteiger partial charge in [-0.15, -0.1) is 0 Å². The normalized spacial score (nSPS) is 20.7. The average Bonchev–Trinajstić information content (AvgIpc) is 2.38. The highest BCUT2D eigenvalue weighted by Gasteiger charge is 2.36. The predicted molar refractivity (Wildman–Crippen MR) is 67.0 cm³/mol. The van der Waals surface area contributed by atoms with Crippen molar-refractivity contribution in [1.29, 1.82) is 0 Å². The minimum absolute atomic E-state index is 0.0704. The number of hydrogen-bond acceptors (Lipinski definition) is 4.